The van der Waals surface area contributed by atoms with E-state index in [0.717, 1.165) is 0 Å². The Hall–Kier alpha value is -1.36. The molecular weight excluding hydrogens is 204 g/mol. The summed E-state index contributed by atoms with van der Waals surface area (Å²) in [6.07, 6.45) is 0. The summed E-state index contributed by atoms with van der Waals surface area (Å²) in [4.78, 5) is 22.2. The molecule has 0 bridgehead atoms. The van der Waals surface area contributed by atoms with Gasteiger partial charge >= 0.3 is 11.9 Å². The van der Waals surface area contributed by atoms with E-state index in [1.54, 1.807) is 0 Å². The Morgan fingerprint density at radius 2 is 1.86 bits per heavy atom. The monoisotopic (exact) mass is 214 g/mol. The summed E-state index contributed by atoms with van der Waals surface area (Å²) in [6, 6.07) is 0. The molecule has 0 fully saturated rings. The van der Waals surface area contributed by atoms with Crippen molar-refractivity contribution < 1.29 is 19.8 Å². The Morgan fingerprint density at radius 3 is 2.21 bits per heavy atom. The van der Waals surface area contributed by atoms with E-state index in [0.29, 0.717) is 4.88 Å². The molecule has 0 spiro atoms. The Labute approximate surface area is 84.8 Å². The number of carboxylic acids is 2. The summed E-state index contributed by atoms with van der Waals surface area (Å²) < 4.78 is 0. The first kappa shape index (κ1) is 10.7. The molecule has 0 aromatic carbocycles. The second-order valence-electron chi connectivity index (χ2n) is 3.15. The summed E-state index contributed by atoms with van der Waals surface area (Å²) in [5.74, 6) is -2.34. The average molecular weight is 214 g/mol. The van der Waals surface area contributed by atoms with Gasteiger partial charge in [0.15, 0.2) is 0 Å². The van der Waals surface area contributed by atoms with Crippen LogP contribution in [-0.2, 0) is 0 Å². The van der Waals surface area contributed by atoms with Crippen LogP contribution in [0, 0.1) is 0 Å². The van der Waals surface area contributed by atoms with Gasteiger partial charge in [-0.2, -0.15) is 0 Å². The van der Waals surface area contributed by atoms with E-state index in [-0.39, 0.29) is 17.0 Å². The predicted molar refractivity (Wildman–Crippen MR) is 52.3 cm³/mol. The smallest absolute Gasteiger partial charge is 0.337 e. The van der Waals surface area contributed by atoms with Gasteiger partial charge in [-0.1, -0.05) is 13.8 Å². The van der Waals surface area contributed by atoms with Crippen molar-refractivity contribution in [3.8, 4) is 0 Å². The molecule has 4 nitrogen and oxygen atoms in total. The summed E-state index contributed by atoms with van der Waals surface area (Å²) >= 11 is 1.18. The molecule has 0 aliphatic heterocycles. The molecule has 1 rings (SSSR count). The van der Waals surface area contributed by atoms with Crippen LogP contribution in [0.2, 0.25) is 0 Å². The van der Waals surface area contributed by atoms with Gasteiger partial charge in [-0.15, -0.1) is 11.3 Å². The fraction of sp³-hybridized carbons (Fsp3) is 0.333. The molecule has 1 aromatic heterocycles. The molecule has 0 saturated heterocycles. The maximum Gasteiger partial charge on any atom is 0.337 e. The minimum atomic E-state index is -1.19. The van der Waals surface area contributed by atoms with Gasteiger partial charge < -0.3 is 10.2 Å². The molecule has 0 aliphatic carbocycles. The first-order valence-electron chi connectivity index (χ1n) is 4.03. The molecule has 0 saturated carbocycles. The lowest BCUT2D eigenvalue weighted by atomic mass is 10.0. The summed E-state index contributed by atoms with van der Waals surface area (Å²) in [5.41, 5.74) is -0.191. The van der Waals surface area contributed by atoms with Crippen molar-refractivity contribution in [1.29, 1.82) is 0 Å². The molecule has 76 valence electrons. The lowest BCUT2D eigenvalue weighted by Crippen LogP contribution is -2.07. The average Bonchev–Trinajstić information content (AvgIpc) is 2.46. The third-order valence-corrected chi connectivity index (χ3v) is 3.07. The first-order chi connectivity index (χ1) is 6.45. The van der Waals surface area contributed by atoms with Gasteiger partial charge in [0.25, 0.3) is 0 Å². The number of rotatable bonds is 3. The normalized spacial score (nSPS) is 10.5. The molecule has 1 heterocycles. The van der Waals surface area contributed by atoms with Gasteiger partial charge in [-0.3, -0.25) is 0 Å². The Balaban J connectivity index is 3.35. The first-order valence-corrected chi connectivity index (χ1v) is 4.91. The molecule has 5 heteroatoms. The molecule has 0 amide bonds. The van der Waals surface area contributed by atoms with E-state index in [1.165, 1.54) is 16.7 Å². The van der Waals surface area contributed by atoms with Gasteiger partial charge in [0, 0.05) is 10.3 Å². The van der Waals surface area contributed by atoms with Crippen LogP contribution in [0.15, 0.2) is 5.38 Å². The van der Waals surface area contributed by atoms with E-state index in [4.69, 9.17) is 10.2 Å². The number of hydrogen-bond acceptors (Lipinski definition) is 3. The van der Waals surface area contributed by atoms with Gasteiger partial charge in [0.2, 0.25) is 0 Å². The van der Waals surface area contributed by atoms with Gasteiger partial charge in [-0.25, -0.2) is 9.59 Å². The van der Waals surface area contributed by atoms with Gasteiger partial charge in [0.05, 0.1) is 11.1 Å². The van der Waals surface area contributed by atoms with E-state index < -0.39 is 11.9 Å². The maximum absolute atomic E-state index is 10.9. The lowest BCUT2D eigenvalue weighted by Gasteiger charge is -2.03. The van der Waals surface area contributed by atoms with Crippen LogP contribution in [0.1, 0.15) is 45.4 Å². The highest BCUT2D eigenvalue weighted by atomic mass is 32.1. The minimum Gasteiger partial charge on any atom is -0.478 e. The van der Waals surface area contributed by atoms with Crippen molar-refractivity contribution >= 4 is 23.3 Å². The zero-order valence-corrected chi connectivity index (χ0v) is 8.59. The number of carbonyl (C=O) groups is 2. The third-order valence-electron chi connectivity index (χ3n) is 1.79. The molecule has 14 heavy (non-hydrogen) atoms. The number of carboxylic acid groups (broad SMARTS) is 2. The molecule has 0 unspecified atom stereocenters. The molecular formula is C9H10O4S. The maximum atomic E-state index is 10.9. The fourth-order valence-electron chi connectivity index (χ4n) is 1.18. The summed E-state index contributed by atoms with van der Waals surface area (Å²) in [7, 11) is 0. The number of thiophene rings is 1. The summed E-state index contributed by atoms with van der Waals surface area (Å²) in [6.45, 7) is 3.67. The van der Waals surface area contributed by atoms with Crippen LogP contribution in [0.5, 0.6) is 0 Å². The van der Waals surface area contributed by atoms with E-state index in [9.17, 15) is 9.59 Å². The van der Waals surface area contributed by atoms with E-state index in [1.807, 2.05) is 13.8 Å². The van der Waals surface area contributed by atoms with Crippen molar-refractivity contribution in [2.45, 2.75) is 19.8 Å². The molecule has 0 aliphatic rings. The van der Waals surface area contributed by atoms with E-state index >= 15 is 0 Å². The zero-order valence-electron chi connectivity index (χ0n) is 7.77. The quantitative estimate of drug-likeness (QED) is 0.809. The minimum absolute atomic E-state index is 0.0270. The third kappa shape index (κ3) is 1.77. The highest BCUT2D eigenvalue weighted by Crippen LogP contribution is 2.29. The Kier molecular flexibility index (Phi) is 2.90. The van der Waals surface area contributed by atoms with Crippen molar-refractivity contribution in [1.82, 2.24) is 0 Å². The van der Waals surface area contributed by atoms with Crippen LogP contribution >= 0.6 is 11.3 Å². The number of hydrogen-bond donors (Lipinski definition) is 2. The summed E-state index contributed by atoms with van der Waals surface area (Å²) in [5, 5.41) is 19.0. The predicted octanol–water partition coefficient (Wildman–Crippen LogP) is 2.27. The molecule has 2 N–H and O–H groups in total. The van der Waals surface area contributed by atoms with Crippen LogP contribution in [-0.4, -0.2) is 22.2 Å². The Bertz CT molecular complexity index is 378. The molecule has 1 aromatic rings. The van der Waals surface area contributed by atoms with E-state index in [2.05, 4.69) is 0 Å². The highest BCUT2D eigenvalue weighted by molar-refractivity contribution is 7.10. The molecule has 0 atom stereocenters. The van der Waals surface area contributed by atoms with Crippen LogP contribution < -0.4 is 0 Å². The SMILES string of the molecule is CC(C)c1scc(C(=O)O)c1C(=O)O. The Morgan fingerprint density at radius 1 is 1.29 bits per heavy atom. The van der Waals surface area contributed by atoms with Crippen molar-refractivity contribution in [2.24, 2.45) is 0 Å². The standard InChI is InChI=1S/C9H10O4S/c1-4(2)7-6(9(12)13)5(3-14-7)8(10)11/h3-4H,1-2H3,(H,10,11)(H,12,13). The number of aromatic carboxylic acids is 2. The highest BCUT2D eigenvalue weighted by Gasteiger charge is 2.23. The van der Waals surface area contributed by atoms with Crippen LogP contribution in [0.3, 0.4) is 0 Å². The topological polar surface area (TPSA) is 74.6 Å². The lowest BCUT2D eigenvalue weighted by molar-refractivity contribution is 0.0651. The zero-order chi connectivity index (χ0) is 10.9. The largest absolute Gasteiger partial charge is 0.478 e. The molecule has 0 radical (unpaired) electrons. The van der Waals surface area contributed by atoms with Gasteiger partial charge in [-0.05, 0) is 5.92 Å². The fourth-order valence-corrected chi connectivity index (χ4v) is 2.23. The van der Waals surface area contributed by atoms with Crippen molar-refractivity contribution in [3.63, 3.8) is 0 Å². The second-order valence-corrected chi connectivity index (χ2v) is 4.06. The van der Waals surface area contributed by atoms with Crippen molar-refractivity contribution in [3.05, 3.63) is 21.4 Å². The second kappa shape index (κ2) is 3.79. The van der Waals surface area contributed by atoms with Crippen LogP contribution in [0.4, 0.5) is 0 Å². The van der Waals surface area contributed by atoms with Crippen LogP contribution in [0.25, 0.3) is 0 Å². The van der Waals surface area contributed by atoms with Crippen molar-refractivity contribution in [2.75, 3.05) is 0 Å². The van der Waals surface area contributed by atoms with Gasteiger partial charge in [0.1, 0.15) is 0 Å².